The fraction of sp³-hybridized carbons (Fsp3) is 0.500. The molecule has 0 spiro atoms. The van der Waals surface area contributed by atoms with E-state index in [1.165, 1.54) is 0 Å². The lowest BCUT2D eigenvalue weighted by atomic mass is 10.7. The standard InChI is InChI=1S/C8H16O2Si/c1-5-8-10-11(6-2,7-3)9-4/h5-6H,1-2,7-8H2,3-4H3. The van der Waals surface area contributed by atoms with E-state index in [0.717, 1.165) is 6.04 Å². The Bertz CT molecular complexity index is 130. The molecule has 0 bridgehead atoms. The zero-order chi connectivity index (χ0) is 8.74. The number of rotatable bonds is 6. The quantitative estimate of drug-likeness (QED) is 0.451. The molecular formula is C8H16O2Si. The molecule has 0 aromatic carbocycles. The van der Waals surface area contributed by atoms with E-state index in [1.807, 2.05) is 6.92 Å². The molecular weight excluding hydrogens is 156 g/mol. The fourth-order valence-electron chi connectivity index (χ4n) is 0.792. The molecule has 3 heteroatoms. The van der Waals surface area contributed by atoms with E-state index in [0.29, 0.717) is 6.61 Å². The van der Waals surface area contributed by atoms with Crippen LogP contribution in [0.2, 0.25) is 6.04 Å². The van der Waals surface area contributed by atoms with Gasteiger partial charge in [0.2, 0.25) is 0 Å². The Kier molecular flexibility index (Phi) is 5.11. The van der Waals surface area contributed by atoms with Gasteiger partial charge in [-0.25, -0.2) is 0 Å². The second kappa shape index (κ2) is 5.29. The van der Waals surface area contributed by atoms with E-state index in [9.17, 15) is 0 Å². The smallest absolute Gasteiger partial charge is 0.364 e. The molecule has 0 aliphatic rings. The predicted molar refractivity (Wildman–Crippen MR) is 49.6 cm³/mol. The van der Waals surface area contributed by atoms with E-state index < -0.39 is 8.56 Å². The van der Waals surface area contributed by atoms with Gasteiger partial charge >= 0.3 is 8.56 Å². The van der Waals surface area contributed by atoms with Crippen LogP contribution in [0.4, 0.5) is 0 Å². The maximum atomic E-state index is 5.51. The van der Waals surface area contributed by atoms with Crippen LogP contribution in [0.15, 0.2) is 24.9 Å². The van der Waals surface area contributed by atoms with Crippen LogP contribution < -0.4 is 0 Å². The van der Waals surface area contributed by atoms with E-state index in [1.54, 1.807) is 18.9 Å². The van der Waals surface area contributed by atoms with Gasteiger partial charge in [-0.2, -0.15) is 0 Å². The molecule has 0 N–H and O–H groups in total. The van der Waals surface area contributed by atoms with Crippen molar-refractivity contribution in [2.24, 2.45) is 0 Å². The Morgan fingerprint density at radius 2 is 2.09 bits per heavy atom. The summed E-state index contributed by atoms with van der Waals surface area (Å²) in [5.74, 6) is 0. The van der Waals surface area contributed by atoms with Crippen LogP contribution in [0, 0.1) is 0 Å². The molecule has 0 heterocycles. The van der Waals surface area contributed by atoms with Gasteiger partial charge in [-0.3, -0.25) is 0 Å². The normalized spacial score (nSPS) is 15.5. The summed E-state index contributed by atoms with van der Waals surface area (Å²) < 4.78 is 10.8. The van der Waals surface area contributed by atoms with Crippen LogP contribution in [0.3, 0.4) is 0 Å². The van der Waals surface area contributed by atoms with E-state index in [2.05, 4.69) is 13.2 Å². The zero-order valence-corrected chi connectivity index (χ0v) is 8.30. The Balaban J connectivity index is 4.04. The van der Waals surface area contributed by atoms with Crippen molar-refractivity contribution < 1.29 is 8.85 Å². The summed E-state index contributed by atoms with van der Waals surface area (Å²) in [5, 5.41) is 0. The minimum atomic E-state index is -2.05. The van der Waals surface area contributed by atoms with Crippen LogP contribution in [0.1, 0.15) is 6.92 Å². The van der Waals surface area contributed by atoms with Crippen molar-refractivity contribution in [3.8, 4) is 0 Å². The molecule has 0 saturated carbocycles. The summed E-state index contributed by atoms with van der Waals surface area (Å²) in [4.78, 5) is 0. The van der Waals surface area contributed by atoms with Gasteiger partial charge in [0.25, 0.3) is 0 Å². The molecule has 64 valence electrons. The average molecular weight is 172 g/mol. The van der Waals surface area contributed by atoms with Crippen molar-refractivity contribution in [2.75, 3.05) is 13.7 Å². The van der Waals surface area contributed by atoms with Gasteiger partial charge in [0.1, 0.15) is 0 Å². The Labute approximate surface area is 69.8 Å². The molecule has 0 aliphatic heterocycles. The van der Waals surface area contributed by atoms with E-state index in [4.69, 9.17) is 8.85 Å². The first-order valence-corrected chi connectivity index (χ1v) is 5.78. The summed E-state index contributed by atoms with van der Waals surface area (Å²) in [7, 11) is -0.379. The third kappa shape index (κ3) is 3.01. The maximum Gasteiger partial charge on any atom is 0.364 e. The molecule has 0 amide bonds. The molecule has 0 radical (unpaired) electrons. The predicted octanol–water partition coefficient (Wildman–Crippen LogP) is 2.02. The molecule has 0 rings (SSSR count). The highest BCUT2D eigenvalue weighted by Crippen LogP contribution is 2.12. The Hall–Kier alpha value is -0.383. The lowest BCUT2D eigenvalue weighted by molar-refractivity contribution is 0.233. The van der Waals surface area contributed by atoms with Crippen molar-refractivity contribution in [1.29, 1.82) is 0 Å². The summed E-state index contributed by atoms with van der Waals surface area (Å²) in [5.41, 5.74) is 1.80. The second-order valence-electron chi connectivity index (χ2n) is 2.17. The van der Waals surface area contributed by atoms with Crippen molar-refractivity contribution >= 4 is 8.56 Å². The SMILES string of the molecule is C=CCO[Si](C=C)(CC)OC. The number of hydrogen-bond donors (Lipinski definition) is 0. The first-order valence-electron chi connectivity index (χ1n) is 3.68. The lowest BCUT2D eigenvalue weighted by Gasteiger charge is -2.23. The highest BCUT2D eigenvalue weighted by atomic mass is 28.4. The molecule has 11 heavy (non-hydrogen) atoms. The lowest BCUT2D eigenvalue weighted by Crippen LogP contribution is -2.38. The third-order valence-electron chi connectivity index (χ3n) is 1.59. The van der Waals surface area contributed by atoms with E-state index >= 15 is 0 Å². The highest BCUT2D eigenvalue weighted by molar-refractivity contribution is 6.72. The molecule has 2 nitrogen and oxygen atoms in total. The molecule has 0 aromatic rings. The monoisotopic (exact) mass is 172 g/mol. The zero-order valence-electron chi connectivity index (χ0n) is 7.30. The van der Waals surface area contributed by atoms with Gasteiger partial charge in [0.05, 0.1) is 6.61 Å². The van der Waals surface area contributed by atoms with Crippen LogP contribution in [0.25, 0.3) is 0 Å². The molecule has 0 aliphatic carbocycles. The van der Waals surface area contributed by atoms with E-state index in [-0.39, 0.29) is 0 Å². The summed E-state index contributed by atoms with van der Waals surface area (Å²) in [6.45, 7) is 9.86. The minimum Gasteiger partial charge on any atom is -0.395 e. The van der Waals surface area contributed by atoms with Crippen molar-refractivity contribution in [3.63, 3.8) is 0 Å². The van der Waals surface area contributed by atoms with Gasteiger partial charge in [-0.05, 0) is 11.7 Å². The van der Waals surface area contributed by atoms with Gasteiger partial charge in [0.15, 0.2) is 0 Å². The summed E-state index contributed by atoms with van der Waals surface area (Å²) >= 11 is 0. The average Bonchev–Trinajstić information content (AvgIpc) is 2.08. The van der Waals surface area contributed by atoms with Crippen LogP contribution in [-0.2, 0) is 8.85 Å². The Morgan fingerprint density at radius 3 is 2.36 bits per heavy atom. The fourth-order valence-corrected chi connectivity index (χ4v) is 2.38. The van der Waals surface area contributed by atoms with Crippen LogP contribution in [0.5, 0.6) is 0 Å². The third-order valence-corrected chi connectivity index (χ3v) is 4.55. The van der Waals surface area contributed by atoms with Gasteiger partial charge in [-0.1, -0.05) is 13.0 Å². The molecule has 0 aromatic heterocycles. The van der Waals surface area contributed by atoms with Gasteiger partial charge in [-0.15, -0.1) is 13.2 Å². The summed E-state index contributed by atoms with van der Waals surface area (Å²) in [6, 6.07) is 0.890. The topological polar surface area (TPSA) is 18.5 Å². The summed E-state index contributed by atoms with van der Waals surface area (Å²) in [6.07, 6.45) is 1.72. The minimum absolute atomic E-state index is 0.542. The number of hydrogen-bond acceptors (Lipinski definition) is 2. The Morgan fingerprint density at radius 1 is 1.45 bits per heavy atom. The van der Waals surface area contributed by atoms with Crippen molar-refractivity contribution in [1.82, 2.24) is 0 Å². The maximum absolute atomic E-state index is 5.51. The second-order valence-corrected chi connectivity index (χ2v) is 5.61. The van der Waals surface area contributed by atoms with Crippen LogP contribution >= 0.6 is 0 Å². The highest BCUT2D eigenvalue weighted by Gasteiger charge is 2.29. The van der Waals surface area contributed by atoms with Gasteiger partial charge < -0.3 is 8.85 Å². The largest absolute Gasteiger partial charge is 0.395 e. The first kappa shape index (κ1) is 10.6. The van der Waals surface area contributed by atoms with Gasteiger partial charge in [0, 0.05) is 7.11 Å². The molecule has 0 fully saturated rings. The molecule has 0 saturated heterocycles. The molecule has 1 unspecified atom stereocenters. The molecule has 1 atom stereocenters. The van der Waals surface area contributed by atoms with Crippen LogP contribution in [-0.4, -0.2) is 22.3 Å². The first-order chi connectivity index (χ1) is 5.24. The van der Waals surface area contributed by atoms with Crippen molar-refractivity contribution in [2.45, 2.75) is 13.0 Å². The van der Waals surface area contributed by atoms with Crippen molar-refractivity contribution in [3.05, 3.63) is 24.9 Å².